The van der Waals surface area contributed by atoms with E-state index in [-0.39, 0.29) is 17.2 Å². The summed E-state index contributed by atoms with van der Waals surface area (Å²) in [6.07, 6.45) is 3.85. The van der Waals surface area contributed by atoms with Crippen LogP contribution in [0.1, 0.15) is 60.5 Å². The predicted molar refractivity (Wildman–Crippen MR) is 144 cm³/mol. The lowest BCUT2D eigenvalue weighted by Gasteiger charge is -2.24. The normalized spacial score (nSPS) is 17.1. The summed E-state index contributed by atoms with van der Waals surface area (Å²) in [7, 11) is 1.36. The van der Waals surface area contributed by atoms with Crippen molar-refractivity contribution in [3.05, 3.63) is 86.2 Å². The molecule has 2 heterocycles. The molecule has 1 saturated heterocycles. The summed E-state index contributed by atoms with van der Waals surface area (Å²) in [5.41, 5.74) is 3.95. The number of hydrogen-bond donors (Lipinski definition) is 1. The van der Waals surface area contributed by atoms with E-state index in [4.69, 9.17) is 16.3 Å². The number of benzene rings is 2. The topological polar surface area (TPSA) is 75.7 Å². The highest BCUT2D eigenvalue weighted by Crippen LogP contribution is 2.41. The molecule has 2 amide bonds. The van der Waals surface area contributed by atoms with Crippen LogP contribution in [0.5, 0.6) is 0 Å². The zero-order valence-corrected chi connectivity index (χ0v) is 22.1. The number of esters is 1. The van der Waals surface area contributed by atoms with E-state index in [1.165, 1.54) is 18.4 Å². The maximum Gasteiger partial charge on any atom is 0.341 e. The van der Waals surface area contributed by atoms with Gasteiger partial charge in [-0.2, -0.15) is 0 Å². The molecule has 0 spiro atoms. The molecule has 1 fully saturated rings. The number of thioether (sulfide) groups is 1. The van der Waals surface area contributed by atoms with Crippen LogP contribution in [0.4, 0.5) is 5.00 Å². The molecule has 2 aliphatic rings. The molecule has 9 heteroatoms. The zero-order chi connectivity index (χ0) is 25.2. The Bertz CT molecular complexity index is 1300. The Kier molecular flexibility index (Phi) is 7.37. The van der Waals surface area contributed by atoms with Crippen molar-refractivity contribution < 1.29 is 19.1 Å². The van der Waals surface area contributed by atoms with Gasteiger partial charge in [0, 0.05) is 22.0 Å². The van der Waals surface area contributed by atoms with E-state index in [2.05, 4.69) is 5.32 Å². The molecule has 0 unspecified atom stereocenters. The highest BCUT2D eigenvalue weighted by atomic mass is 35.5. The fourth-order valence-electron chi connectivity index (χ4n) is 4.63. The van der Waals surface area contributed by atoms with Gasteiger partial charge >= 0.3 is 5.97 Å². The molecule has 36 heavy (non-hydrogen) atoms. The predicted octanol–water partition coefficient (Wildman–Crippen LogP) is 6.09. The van der Waals surface area contributed by atoms with Gasteiger partial charge < -0.3 is 15.0 Å². The van der Waals surface area contributed by atoms with Crippen LogP contribution in [0, 0.1) is 0 Å². The number of ether oxygens (including phenoxy) is 1. The summed E-state index contributed by atoms with van der Waals surface area (Å²) >= 11 is 9.03. The van der Waals surface area contributed by atoms with Crippen molar-refractivity contribution in [1.29, 1.82) is 0 Å². The number of methoxy groups -OCH3 is 1. The third-order valence-corrected chi connectivity index (χ3v) is 9.20. The van der Waals surface area contributed by atoms with E-state index in [1.54, 1.807) is 23.9 Å². The van der Waals surface area contributed by atoms with Crippen molar-refractivity contribution in [3.63, 3.8) is 0 Å². The second-order valence-electron chi connectivity index (χ2n) is 8.79. The second-order valence-corrected chi connectivity index (χ2v) is 11.4. The van der Waals surface area contributed by atoms with Crippen molar-refractivity contribution in [3.8, 4) is 0 Å². The first-order valence-electron chi connectivity index (χ1n) is 11.7. The molecule has 0 radical (unpaired) electrons. The van der Waals surface area contributed by atoms with Crippen LogP contribution in [0.25, 0.3) is 0 Å². The maximum absolute atomic E-state index is 13.1. The Morgan fingerprint density at radius 3 is 2.53 bits per heavy atom. The van der Waals surface area contributed by atoms with E-state index in [1.807, 2.05) is 41.3 Å². The number of aryl methyl sites for hydroxylation is 1. The third kappa shape index (κ3) is 5.03. The van der Waals surface area contributed by atoms with Gasteiger partial charge in [-0.15, -0.1) is 23.1 Å². The molecule has 3 aromatic rings. The molecule has 1 atom stereocenters. The monoisotopic (exact) mass is 540 g/mol. The number of nitrogens with one attached hydrogen (secondary N) is 1. The van der Waals surface area contributed by atoms with Crippen molar-refractivity contribution in [2.45, 2.75) is 37.6 Å². The van der Waals surface area contributed by atoms with Gasteiger partial charge in [-0.25, -0.2) is 4.79 Å². The molecule has 0 saturated carbocycles. The minimum absolute atomic E-state index is 0.0822. The Labute approximate surface area is 223 Å². The van der Waals surface area contributed by atoms with E-state index < -0.39 is 5.97 Å². The summed E-state index contributed by atoms with van der Waals surface area (Å²) in [6, 6.07) is 14.8. The van der Waals surface area contributed by atoms with Crippen LogP contribution in [-0.4, -0.2) is 35.5 Å². The summed E-state index contributed by atoms with van der Waals surface area (Å²) in [6.45, 7) is 0.495. The van der Waals surface area contributed by atoms with Gasteiger partial charge in [0.25, 0.3) is 5.91 Å². The lowest BCUT2D eigenvalue weighted by atomic mass is 9.95. The van der Waals surface area contributed by atoms with Crippen LogP contribution in [0.2, 0.25) is 5.02 Å². The van der Waals surface area contributed by atoms with Gasteiger partial charge in [-0.1, -0.05) is 35.9 Å². The maximum atomic E-state index is 13.1. The number of thiophene rings is 1. The summed E-state index contributed by atoms with van der Waals surface area (Å²) in [4.78, 5) is 41.1. The molecular formula is C27H25ClN2O4S2. The fraction of sp³-hybridized carbons (Fsp3) is 0.296. The van der Waals surface area contributed by atoms with Crippen LogP contribution >= 0.6 is 34.7 Å². The number of hydrogen-bond acceptors (Lipinski definition) is 6. The number of fused-ring (bicyclic) bond motifs is 1. The molecule has 1 N–H and O–H groups in total. The van der Waals surface area contributed by atoms with Crippen molar-refractivity contribution in [1.82, 2.24) is 4.90 Å². The number of carbonyl (C=O) groups is 3. The molecule has 1 aliphatic heterocycles. The largest absolute Gasteiger partial charge is 0.465 e. The van der Waals surface area contributed by atoms with Gasteiger partial charge in [0.05, 0.1) is 18.4 Å². The zero-order valence-electron chi connectivity index (χ0n) is 19.7. The minimum Gasteiger partial charge on any atom is -0.465 e. The summed E-state index contributed by atoms with van der Waals surface area (Å²) in [5, 5.41) is 4.02. The SMILES string of the molecule is COC(=O)c1c(NC(=O)c2ccc([C@@H]3SCC(=O)N3Cc3ccc(Cl)cc3)cc2)sc2c1CCCC2. The molecule has 5 rings (SSSR count). The number of rotatable bonds is 6. The van der Waals surface area contributed by atoms with Crippen LogP contribution in [-0.2, 0) is 28.9 Å². The average Bonchev–Trinajstić information content (AvgIpc) is 3.44. The molecule has 186 valence electrons. The molecule has 0 bridgehead atoms. The number of halogens is 1. The summed E-state index contributed by atoms with van der Waals surface area (Å²) < 4.78 is 5.00. The smallest absolute Gasteiger partial charge is 0.341 e. The minimum atomic E-state index is -0.413. The van der Waals surface area contributed by atoms with Gasteiger partial charge in [0.1, 0.15) is 10.4 Å². The van der Waals surface area contributed by atoms with Crippen LogP contribution in [0.3, 0.4) is 0 Å². The van der Waals surface area contributed by atoms with Crippen molar-refractivity contribution >= 4 is 57.5 Å². The molecule has 2 aromatic carbocycles. The second kappa shape index (κ2) is 10.7. The number of anilines is 1. The molecule has 1 aromatic heterocycles. The van der Waals surface area contributed by atoms with E-state index in [0.717, 1.165) is 47.3 Å². The van der Waals surface area contributed by atoms with E-state index >= 15 is 0 Å². The Morgan fingerprint density at radius 2 is 1.81 bits per heavy atom. The Morgan fingerprint density at radius 1 is 1.08 bits per heavy atom. The van der Waals surface area contributed by atoms with Crippen molar-refractivity contribution in [2.24, 2.45) is 0 Å². The number of carbonyl (C=O) groups excluding carboxylic acids is 3. The standard InChI is InChI=1S/C27H25ClN2O4S2/c1-34-27(33)23-20-4-2-3-5-21(20)36-25(23)29-24(32)17-8-10-18(11-9-17)26-30(22(31)15-35-26)14-16-6-12-19(28)13-7-16/h6-13,26H,2-5,14-15H2,1H3,(H,29,32)/t26-/m0/s1. The first-order chi connectivity index (χ1) is 17.4. The first kappa shape index (κ1) is 24.9. The molecule has 1 aliphatic carbocycles. The van der Waals surface area contributed by atoms with Gasteiger partial charge in [-0.05, 0) is 66.6 Å². The lowest BCUT2D eigenvalue weighted by Crippen LogP contribution is -2.27. The Balaban J connectivity index is 1.32. The van der Waals surface area contributed by atoms with Crippen molar-refractivity contribution in [2.75, 3.05) is 18.2 Å². The third-order valence-electron chi connectivity index (χ3n) is 6.48. The fourth-order valence-corrected chi connectivity index (χ4v) is 7.22. The van der Waals surface area contributed by atoms with Gasteiger partial charge in [0.15, 0.2) is 0 Å². The highest BCUT2D eigenvalue weighted by molar-refractivity contribution is 8.00. The van der Waals surface area contributed by atoms with Crippen LogP contribution in [0.15, 0.2) is 48.5 Å². The van der Waals surface area contributed by atoms with Gasteiger partial charge in [-0.3, -0.25) is 9.59 Å². The first-order valence-corrected chi connectivity index (χ1v) is 14.0. The van der Waals surface area contributed by atoms with Gasteiger partial charge in [0.2, 0.25) is 5.91 Å². The lowest BCUT2D eigenvalue weighted by molar-refractivity contribution is -0.128. The van der Waals surface area contributed by atoms with E-state index in [0.29, 0.717) is 33.4 Å². The number of amides is 2. The average molecular weight is 541 g/mol. The Hall–Kier alpha value is -2.81. The number of nitrogens with zero attached hydrogens (tertiary/aromatic N) is 1. The van der Waals surface area contributed by atoms with Crippen LogP contribution < -0.4 is 5.32 Å². The highest BCUT2D eigenvalue weighted by Gasteiger charge is 2.33. The summed E-state index contributed by atoms with van der Waals surface area (Å²) in [5.74, 6) is -0.194. The quantitative estimate of drug-likeness (QED) is 0.383. The molecule has 6 nitrogen and oxygen atoms in total. The molecular weight excluding hydrogens is 516 g/mol. The van der Waals surface area contributed by atoms with E-state index in [9.17, 15) is 14.4 Å².